The van der Waals surface area contributed by atoms with Gasteiger partial charge in [-0.1, -0.05) is 30.3 Å². The van der Waals surface area contributed by atoms with Crippen molar-refractivity contribution in [3.63, 3.8) is 0 Å². The monoisotopic (exact) mass is 272 g/mol. The van der Waals surface area contributed by atoms with E-state index in [0.717, 1.165) is 5.56 Å². The third-order valence-electron chi connectivity index (χ3n) is 2.79. The SMILES string of the molecule is COC(=O)C(Nc1ccnc(NN)c1)c1ccccc1. The third-order valence-corrected chi connectivity index (χ3v) is 2.79. The van der Waals surface area contributed by atoms with E-state index in [0.29, 0.717) is 11.5 Å². The van der Waals surface area contributed by atoms with Gasteiger partial charge in [0.25, 0.3) is 0 Å². The molecule has 2 aromatic rings. The van der Waals surface area contributed by atoms with Gasteiger partial charge in [0, 0.05) is 18.0 Å². The van der Waals surface area contributed by atoms with Crippen LogP contribution in [0.1, 0.15) is 11.6 Å². The van der Waals surface area contributed by atoms with Crippen LogP contribution < -0.4 is 16.6 Å². The molecule has 1 unspecified atom stereocenters. The second kappa shape index (κ2) is 6.53. The Kier molecular flexibility index (Phi) is 4.52. The number of hydrazine groups is 1. The normalized spacial score (nSPS) is 11.5. The molecule has 0 saturated carbocycles. The quantitative estimate of drug-likeness (QED) is 0.436. The highest BCUT2D eigenvalue weighted by Crippen LogP contribution is 2.21. The predicted molar refractivity (Wildman–Crippen MR) is 76.9 cm³/mol. The molecule has 0 spiro atoms. The number of nitrogens with two attached hydrogens (primary N) is 1. The number of nitrogens with zero attached hydrogens (tertiary/aromatic N) is 1. The lowest BCUT2D eigenvalue weighted by Gasteiger charge is -2.18. The first kappa shape index (κ1) is 13.8. The van der Waals surface area contributed by atoms with E-state index in [2.05, 4.69) is 15.7 Å². The van der Waals surface area contributed by atoms with E-state index >= 15 is 0 Å². The van der Waals surface area contributed by atoms with Gasteiger partial charge in [0.1, 0.15) is 5.82 Å². The lowest BCUT2D eigenvalue weighted by atomic mass is 10.1. The highest BCUT2D eigenvalue weighted by molar-refractivity contribution is 5.81. The number of ether oxygens (including phenoxy) is 1. The molecule has 0 aliphatic rings. The molecule has 1 heterocycles. The molecule has 0 saturated heterocycles. The van der Waals surface area contributed by atoms with Crippen LogP contribution in [0.4, 0.5) is 11.5 Å². The summed E-state index contributed by atoms with van der Waals surface area (Å²) >= 11 is 0. The molecule has 1 aromatic carbocycles. The topological polar surface area (TPSA) is 89.3 Å². The van der Waals surface area contributed by atoms with E-state index in [9.17, 15) is 4.79 Å². The van der Waals surface area contributed by atoms with Crippen molar-refractivity contribution in [3.8, 4) is 0 Å². The fourth-order valence-corrected chi connectivity index (χ4v) is 1.81. The van der Waals surface area contributed by atoms with Crippen molar-refractivity contribution >= 4 is 17.5 Å². The summed E-state index contributed by atoms with van der Waals surface area (Å²) in [5.41, 5.74) is 3.99. The van der Waals surface area contributed by atoms with Gasteiger partial charge in [0.2, 0.25) is 0 Å². The molecule has 1 atom stereocenters. The number of pyridine rings is 1. The molecular formula is C14H16N4O2. The minimum Gasteiger partial charge on any atom is -0.467 e. The predicted octanol–water partition coefficient (Wildman–Crippen LogP) is 1.69. The van der Waals surface area contributed by atoms with E-state index in [-0.39, 0.29) is 5.97 Å². The van der Waals surface area contributed by atoms with Gasteiger partial charge in [-0.3, -0.25) is 0 Å². The molecule has 0 bridgehead atoms. The van der Waals surface area contributed by atoms with Gasteiger partial charge in [0.15, 0.2) is 6.04 Å². The minimum absolute atomic E-state index is 0.365. The van der Waals surface area contributed by atoms with Crippen molar-refractivity contribution in [1.29, 1.82) is 0 Å². The van der Waals surface area contributed by atoms with Crippen LogP contribution in [0.15, 0.2) is 48.7 Å². The molecule has 0 aliphatic carbocycles. The Labute approximate surface area is 116 Å². The van der Waals surface area contributed by atoms with E-state index in [1.807, 2.05) is 30.3 Å². The molecule has 104 valence electrons. The zero-order valence-electron chi connectivity index (χ0n) is 11.0. The number of hydrogen-bond acceptors (Lipinski definition) is 6. The van der Waals surface area contributed by atoms with Crippen LogP contribution in [-0.2, 0) is 9.53 Å². The summed E-state index contributed by atoms with van der Waals surface area (Å²) in [5.74, 6) is 5.46. The fraction of sp³-hybridized carbons (Fsp3) is 0.143. The Hall–Kier alpha value is -2.60. The second-order valence-electron chi connectivity index (χ2n) is 4.09. The summed E-state index contributed by atoms with van der Waals surface area (Å²) in [7, 11) is 1.36. The molecular weight excluding hydrogens is 256 g/mol. The molecule has 0 radical (unpaired) electrons. The standard InChI is InChI=1S/C14H16N4O2/c1-20-14(19)13(10-5-3-2-4-6-10)17-11-7-8-16-12(9-11)18-15/h2-9,13H,15H2,1H3,(H2,16,17,18). The first-order chi connectivity index (χ1) is 9.74. The van der Waals surface area contributed by atoms with Gasteiger partial charge in [-0.25, -0.2) is 15.6 Å². The van der Waals surface area contributed by atoms with E-state index in [1.165, 1.54) is 7.11 Å². The van der Waals surface area contributed by atoms with Gasteiger partial charge < -0.3 is 15.5 Å². The number of carbonyl (C=O) groups excluding carboxylic acids is 1. The Morgan fingerprint density at radius 1 is 1.30 bits per heavy atom. The lowest BCUT2D eigenvalue weighted by Crippen LogP contribution is -2.22. The first-order valence-electron chi connectivity index (χ1n) is 6.06. The summed E-state index contributed by atoms with van der Waals surface area (Å²) in [6, 6.07) is 12.2. The van der Waals surface area contributed by atoms with Crippen molar-refractivity contribution in [2.45, 2.75) is 6.04 Å². The summed E-state index contributed by atoms with van der Waals surface area (Å²) in [4.78, 5) is 15.9. The maximum atomic E-state index is 11.9. The Morgan fingerprint density at radius 2 is 2.05 bits per heavy atom. The second-order valence-corrected chi connectivity index (χ2v) is 4.09. The summed E-state index contributed by atoms with van der Waals surface area (Å²) in [5, 5.41) is 3.11. The van der Waals surface area contributed by atoms with Crippen molar-refractivity contribution < 1.29 is 9.53 Å². The van der Waals surface area contributed by atoms with Crippen LogP contribution >= 0.6 is 0 Å². The molecule has 6 nitrogen and oxygen atoms in total. The average Bonchev–Trinajstić information content (AvgIpc) is 2.53. The Bertz CT molecular complexity index is 574. The molecule has 0 aliphatic heterocycles. The number of carbonyl (C=O) groups is 1. The molecule has 1 aromatic heterocycles. The molecule has 6 heteroatoms. The molecule has 20 heavy (non-hydrogen) atoms. The van der Waals surface area contributed by atoms with Crippen LogP contribution in [-0.4, -0.2) is 18.1 Å². The summed E-state index contributed by atoms with van der Waals surface area (Å²) in [6.07, 6.45) is 1.59. The van der Waals surface area contributed by atoms with E-state index in [4.69, 9.17) is 10.6 Å². The van der Waals surface area contributed by atoms with Crippen LogP contribution in [0.5, 0.6) is 0 Å². The van der Waals surface area contributed by atoms with Crippen LogP contribution in [0.3, 0.4) is 0 Å². The molecule has 0 fully saturated rings. The minimum atomic E-state index is -0.589. The number of benzene rings is 1. The van der Waals surface area contributed by atoms with Crippen LogP contribution in [0, 0.1) is 0 Å². The number of aromatic nitrogens is 1. The third kappa shape index (κ3) is 3.24. The van der Waals surface area contributed by atoms with Gasteiger partial charge >= 0.3 is 5.97 Å². The lowest BCUT2D eigenvalue weighted by molar-refractivity contribution is -0.141. The van der Waals surface area contributed by atoms with Crippen molar-refractivity contribution in [2.24, 2.45) is 5.84 Å². The van der Waals surface area contributed by atoms with Gasteiger partial charge in [0.05, 0.1) is 7.11 Å². The number of methoxy groups -OCH3 is 1. The number of nitrogens with one attached hydrogen (secondary N) is 2. The van der Waals surface area contributed by atoms with Crippen molar-refractivity contribution in [2.75, 3.05) is 17.9 Å². The summed E-state index contributed by atoms with van der Waals surface area (Å²) < 4.78 is 4.84. The first-order valence-corrected chi connectivity index (χ1v) is 6.06. The van der Waals surface area contributed by atoms with Gasteiger partial charge in [-0.2, -0.15) is 0 Å². The Morgan fingerprint density at radius 3 is 2.70 bits per heavy atom. The number of anilines is 2. The molecule has 2 rings (SSSR count). The smallest absolute Gasteiger partial charge is 0.332 e. The molecule has 0 amide bonds. The van der Waals surface area contributed by atoms with E-state index < -0.39 is 6.04 Å². The largest absolute Gasteiger partial charge is 0.467 e. The number of esters is 1. The number of nitrogen functional groups attached to an aromatic ring is 1. The number of rotatable bonds is 5. The number of hydrogen-bond donors (Lipinski definition) is 3. The highest BCUT2D eigenvalue weighted by atomic mass is 16.5. The molecule has 4 N–H and O–H groups in total. The zero-order chi connectivity index (χ0) is 14.4. The fourth-order valence-electron chi connectivity index (χ4n) is 1.81. The van der Waals surface area contributed by atoms with Gasteiger partial charge in [-0.05, 0) is 11.6 Å². The van der Waals surface area contributed by atoms with Crippen molar-refractivity contribution in [1.82, 2.24) is 4.98 Å². The maximum absolute atomic E-state index is 11.9. The average molecular weight is 272 g/mol. The van der Waals surface area contributed by atoms with E-state index in [1.54, 1.807) is 18.3 Å². The van der Waals surface area contributed by atoms with Crippen LogP contribution in [0.2, 0.25) is 0 Å². The van der Waals surface area contributed by atoms with Gasteiger partial charge in [-0.15, -0.1) is 0 Å². The highest BCUT2D eigenvalue weighted by Gasteiger charge is 2.21. The zero-order valence-corrected chi connectivity index (χ0v) is 11.0. The van der Waals surface area contributed by atoms with Crippen LogP contribution in [0.25, 0.3) is 0 Å². The van der Waals surface area contributed by atoms with Crippen molar-refractivity contribution in [3.05, 3.63) is 54.2 Å². The Balaban J connectivity index is 2.26. The maximum Gasteiger partial charge on any atom is 0.332 e. The summed E-state index contributed by atoms with van der Waals surface area (Å²) in [6.45, 7) is 0.